The van der Waals surface area contributed by atoms with Gasteiger partial charge in [0.1, 0.15) is 0 Å². The zero-order valence-electron chi connectivity index (χ0n) is 10.5. The van der Waals surface area contributed by atoms with Crippen molar-refractivity contribution in [2.75, 3.05) is 0 Å². The lowest BCUT2D eigenvalue weighted by molar-refractivity contribution is 0.525. The molecule has 0 fully saturated rings. The monoisotopic (exact) mass is 288 g/mol. The molecule has 3 N–H and O–H groups in total. The molecule has 4 heteroatoms. The third-order valence-electron chi connectivity index (χ3n) is 3.33. The van der Waals surface area contributed by atoms with Gasteiger partial charge in [-0.15, -0.1) is 11.3 Å². The van der Waals surface area contributed by atoms with E-state index in [-0.39, 0.29) is 6.04 Å². The first-order valence-corrected chi connectivity index (χ1v) is 8.11. The lowest BCUT2D eigenvalue weighted by Crippen LogP contribution is -2.38. The van der Waals surface area contributed by atoms with Crippen LogP contribution in [0.1, 0.15) is 11.1 Å². The molecule has 19 heavy (non-hydrogen) atoms. The highest BCUT2D eigenvalue weighted by Gasteiger charge is 2.12. The van der Waals surface area contributed by atoms with E-state index in [1.54, 1.807) is 11.3 Å². The van der Waals surface area contributed by atoms with E-state index in [9.17, 15) is 0 Å². The van der Waals surface area contributed by atoms with Crippen molar-refractivity contribution in [3.8, 4) is 0 Å². The summed E-state index contributed by atoms with van der Waals surface area (Å²) in [6, 6.07) is 11.0. The van der Waals surface area contributed by atoms with Crippen LogP contribution in [-0.2, 0) is 12.8 Å². The molecule has 0 amide bonds. The zero-order valence-corrected chi connectivity index (χ0v) is 12.1. The predicted octanol–water partition coefficient (Wildman–Crippen LogP) is 3.58. The number of rotatable bonds is 5. The fourth-order valence-corrected chi connectivity index (χ4v) is 4.00. The van der Waals surface area contributed by atoms with Gasteiger partial charge in [-0.2, -0.15) is 11.3 Å². The maximum absolute atomic E-state index is 5.71. The Bertz CT molecular complexity index is 643. The highest BCUT2D eigenvalue weighted by atomic mass is 32.1. The molecule has 2 nitrogen and oxygen atoms in total. The summed E-state index contributed by atoms with van der Waals surface area (Å²) in [5.41, 5.74) is 5.69. The van der Waals surface area contributed by atoms with Crippen LogP contribution in [0.15, 0.2) is 46.5 Å². The SMILES string of the molecule is NNC(Cc1ccsc1)Cc1csc2ccccc12. The van der Waals surface area contributed by atoms with Gasteiger partial charge in [-0.1, -0.05) is 18.2 Å². The van der Waals surface area contributed by atoms with E-state index >= 15 is 0 Å². The van der Waals surface area contributed by atoms with E-state index in [1.807, 2.05) is 11.3 Å². The van der Waals surface area contributed by atoms with Crippen LogP contribution in [0, 0.1) is 0 Å². The summed E-state index contributed by atoms with van der Waals surface area (Å²) in [5.74, 6) is 5.71. The van der Waals surface area contributed by atoms with Gasteiger partial charge in [0.05, 0.1) is 0 Å². The predicted molar refractivity (Wildman–Crippen MR) is 84.7 cm³/mol. The first-order chi connectivity index (χ1) is 9.36. The number of benzene rings is 1. The number of nitrogens with one attached hydrogen (secondary N) is 1. The van der Waals surface area contributed by atoms with Gasteiger partial charge in [0.25, 0.3) is 0 Å². The minimum Gasteiger partial charge on any atom is -0.271 e. The van der Waals surface area contributed by atoms with Crippen molar-refractivity contribution < 1.29 is 0 Å². The van der Waals surface area contributed by atoms with Crippen molar-refractivity contribution in [2.45, 2.75) is 18.9 Å². The topological polar surface area (TPSA) is 38.0 Å². The molecular formula is C15H16N2S2. The minimum atomic E-state index is 0.285. The van der Waals surface area contributed by atoms with Crippen LogP contribution in [0.25, 0.3) is 10.1 Å². The maximum Gasteiger partial charge on any atom is 0.0345 e. The Labute approximate surface area is 120 Å². The normalized spacial score (nSPS) is 12.9. The maximum atomic E-state index is 5.71. The van der Waals surface area contributed by atoms with Crippen LogP contribution in [0.2, 0.25) is 0 Å². The van der Waals surface area contributed by atoms with Crippen LogP contribution in [-0.4, -0.2) is 6.04 Å². The standard InChI is InChI=1S/C15H16N2S2/c16-17-13(7-11-5-6-18-9-11)8-12-10-19-15-4-2-1-3-14(12)15/h1-6,9-10,13,17H,7-8,16H2. The molecule has 2 aromatic heterocycles. The van der Waals surface area contributed by atoms with Gasteiger partial charge in [0.15, 0.2) is 0 Å². The van der Waals surface area contributed by atoms with Crippen molar-refractivity contribution in [2.24, 2.45) is 5.84 Å². The third-order valence-corrected chi connectivity index (χ3v) is 5.07. The van der Waals surface area contributed by atoms with Crippen molar-refractivity contribution in [3.63, 3.8) is 0 Å². The van der Waals surface area contributed by atoms with E-state index in [0.29, 0.717) is 0 Å². The molecule has 0 spiro atoms. The van der Waals surface area contributed by atoms with Gasteiger partial charge in [-0.3, -0.25) is 11.3 Å². The molecule has 1 unspecified atom stereocenters. The molecule has 3 aromatic rings. The van der Waals surface area contributed by atoms with Crippen LogP contribution >= 0.6 is 22.7 Å². The van der Waals surface area contributed by atoms with Crippen molar-refractivity contribution >= 4 is 32.8 Å². The van der Waals surface area contributed by atoms with Gasteiger partial charge in [-0.25, -0.2) is 0 Å². The highest BCUT2D eigenvalue weighted by molar-refractivity contribution is 7.17. The van der Waals surface area contributed by atoms with Crippen LogP contribution in [0.3, 0.4) is 0 Å². The molecule has 0 aliphatic carbocycles. The fourth-order valence-electron chi connectivity index (χ4n) is 2.34. The molecular weight excluding hydrogens is 272 g/mol. The lowest BCUT2D eigenvalue weighted by Gasteiger charge is -2.14. The van der Waals surface area contributed by atoms with Gasteiger partial charge >= 0.3 is 0 Å². The molecule has 0 bridgehead atoms. The van der Waals surface area contributed by atoms with Gasteiger partial charge in [0, 0.05) is 10.7 Å². The summed E-state index contributed by atoms with van der Waals surface area (Å²) in [7, 11) is 0. The second-order valence-electron chi connectivity index (χ2n) is 4.66. The fraction of sp³-hybridized carbons (Fsp3) is 0.200. The molecule has 98 valence electrons. The summed E-state index contributed by atoms with van der Waals surface area (Å²) in [4.78, 5) is 0. The van der Waals surface area contributed by atoms with Gasteiger partial charge in [0.2, 0.25) is 0 Å². The van der Waals surface area contributed by atoms with Crippen molar-refractivity contribution in [1.82, 2.24) is 5.43 Å². The first kappa shape index (κ1) is 12.8. The summed E-state index contributed by atoms with van der Waals surface area (Å²) >= 11 is 3.54. The Morgan fingerprint density at radius 1 is 1.11 bits per heavy atom. The molecule has 0 saturated heterocycles. The Hall–Kier alpha value is -1.20. The Balaban J connectivity index is 1.78. The summed E-state index contributed by atoms with van der Waals surface area (Å²) < 4.78 is 1.35. The number of fused-ring (bicyclic) bond motifs is 1. The largest absolute Gasteiger partial charge is 0.271 e. The Kier molecular flexibility index (Phi) is 3.94. The highest BCUT2D eigenvalue weighted by Crippen LogP contribution is 2.27. The second-order valence-corrected chi connectivity index (χ2v) is 6.35. The average molecular weight is 288 g/mol. The zero-order chi connectivity index (χ0) is 13.1. The third kappa shape index (κ3) is 2.87. The van der Waals surface area contributed by atoms with E-state index < -0.39 is 0 Å². The van der Waals surface area contributed by atoms with E-state index in [0.717, 1.165) is 12.8 Å². The Morgan fingerprint density at radius 3 is 2.79 bits per heavy atom. The first-order valence-electron chi connectivity index (χ1n) is 6.29. The molecule has 0 saturated carbocycles. The molecule has 0 aliphatic rings. The number of hydrogen-bond acceptors (Lipinski definition) is 4. The lowest BCUT2D eigenvalue weighted by atomic mass is 10.0. The number of nitrogens with two attached hydrogens (primary N) is 1. The van der Waals surface area contributed by atoms with Crippen LogP contribution < -0.4 is 11.3 Å². The molecule has 1 atom stereocenters. The summed E-state index contributed by atoms with van der Waals surface area (Å²) in [6.45, 7) is 0. The van der Waals surface area contributed by atoms with Crippen LogP contribution in [0.4, 0.5) is 0 Å². The number of thiophene rings is 2. The number of hydrazine groups is 1. The molecule has 1 aromatic carbocycles. The Morgan fingerprint density at radius 2 is 2.00 bits per heavy atom. The van der Waals surface area contributed by atoms with Gasteiger partial charge in [-0.05, 0) is 57.6 Å². The van der Waals surface area contributed by atoms with Crippen molar-refractivity contribution in [3.05, 3.63) is 57.6 Å². The molecule has 3 rings (SSSR count). The van der Waals surface area contributed by atoms with Crippen LogP contribution in [0.5, 0.6) is 0 Å². The number of hydrogen-bond donors (Lipinski definition) is 2. The van der Waals surface area contributed by atoms with E-state index in [1.165, 1.54) is 21.2 Å². The second kappa shape index (κ2) is 5.84. The summed E-state index contributed by atoms with van der Waals surface area (Å²) in [5, 5.41) is 7.92. The van der Waals surface area contributed by atoms with Gasteiger partial charge < -0.3 is 0 Å². The minimum absolute atomic E-state index is 0.285. The molecule has 2 heterocycles. The van der Waals surface area contributed by atoms with Crippen molar-refractivity contribution in [1.29, 1.82) is 0 Å². The van der Waals surface area contributed by atoms with E-state index in [4.69, 9.17) is 5.84 Å². The quantitative estimate of drug-likeness (QED) is 0.556. The van der Waals surface area contributed by atoms with E-state index in [2.05, 4.69) is 51.9 Å². The molecule has 0 aliphatic heterocycles. The average Bonchev–Trinajstić information content (AvgIpc) is 3.08. The smallest absolute Gasteiger partial charge is 0.0345 e. The summed E-state index contributed by atoms with van der Waals surface area (Å²) in [6.07, 6.45) is 1.94. The molecule has 0 radical (unpaired) electrons.